The number of benzene rings is 1. The van der Waals surface area contributed by atoms with Gasteiger partial charge in [-0.05, 0) is 29.5 Å². The molecular formula is C16H23NO4. The van der Waals surface area contributed by atoms with Gasteiger partial charge in [-0.3, -0.25) is 4.79 Å². The summed E-state index contributed by atoms with van der Waals surface area (Å²) in [6.07, 6.45) is 0.936. The summed E-state index contributed by atoms with van der Waals surface area (Å²) in [6.45, 7) is 7.22. The molecule has 1 aromatic rings. The van der Waals surface area contributed by atoms with Gasteiger partial charge in [0.15, 0.2) is 11.5 Å². The summed E-state index contributed by atoms with van der Waals surface area (Å²) in [5, 5.41) is 12.4. The van der Waals surface area contributed by atoms with Crippen molar-refractivity contribution in [3.05, 3.63) is 23.8 Å². The fraction of sp³-hybridized carbons (Fsp3) is 0.562. The van der Waals surface area contributed by atoms with Crippen molar-refractivity contribution < 1.29 is 19.4 Å². The van der Waals surface area contributed by atoms with Crippen LogP contribution in [0.3, 0.4) is 0 Å². The van der Waals surface area contributed by atoms with Crippen LogP contribution >= 0.6 is 0 Å². The van der Waals surface area contributed by atoms with Crippen molar-refractivity contribution in [1.82, 2.24) is 5.32 Å². The van der Waals surface area contributed by atoms with Crippen molar-refractivity contribution >= 4 is 5.97 Å². The standard InChI is InChI=1S/C16H23NO4/c1-16(2,3)8-12(7-15(18)19)17-9-11-4-5-13-14(6-11)21-10-20-13/h4-6,12,17H,7-10H2,1-3H3,(H,18,19). The van der Waals surface area contributed by atoms with Gasteiger partial charge in [-0.2, -0.15) is 0 Å². The van der Waals surface area contributed by atoms with Gasteiger partial charge in [0.1, 0.15) is 0 Å². The van der Waals surface area contributed by atoms with Gasteiger partial charge in [-0.25, -0.2) is 0 Å². The van der Waals surface area contributed by atoms with Crippen molar-refractivity contribution in [2.45, 2.75) is 46.2 Å². The molecule has 0 saturated heterocycles. The molecule has 0 bridgehead atoms. The molecular weight excluding hydrogens is 270 g/mol. The average molecular weight is 293 g/mol. The lowest BCUT2D eigenvalue weighted by Crippen LogP contribution is -2.34. The third-order valence-electron chi connectivity index (χ3n) is 3.31. The normalized spacial score (nSPS) is 15.0. The predicted molar refractivity (Wildman–Crippen MR) is 79.5 cm³/mol. The highest BCUT2D eigenvalue weighted by atomic mass is 16.7. The molecule has 0 saturated carbocycles. The fourth-order valence-electron chi connectivity index (χ4n) is 2.48. The van der Waals surface area contributed by atoms with E-state index < -0.39 is 5.97 Å². The minimum Gasteiger partial charge on any atom is -0.481 e. The molecule has 0 radical (unpaired) electrons. The van der Waals surface area contributed by atoms with Crippen molar-refractivity contribution in [3.8, 4) is 11.5 Å². The van der Waals surface area contributed by atoms with E-state index in [9.17, 15) is 4.79 Å². The van der Waals surface area contributed by atoms with Gasteiger partial charge in [0.2, 0.25) is 6.79 Å². The SMILES string of the molecule is CC(C)(C)CC(CC(=O)O)NCc1ccc2c(c1)OCO2. The first-order chi connectivity index (χ1) is 9.83. The number of carbonyl (C=O) groups is 1. The Hall–Kier alpha value is -1.75. The van der Waals surface area contributed by atoms with Crippen LogP contribution in [0.15, 0.2) is 18.2 Å². The van der Waals surface area contributed by atoms with E-state index in [2.05, 4.69) is 26.1 Å². The molecule has 1 aromatic carbocycles. The van der Waals surface area contributed by atoms with Crippen LogP contribution in [0.5, 0.6) is 11.5 Å². The molecule has 0 fully saturated rings. The highest BCUT2D eigenvalue weighted by Crippen LogP contribution is 2.32. The molecule has 1 aliphatic heterocycles. The van der Waals surface area contributed by atoms with Gasteiger partial charge >= 0.3 is 5.97 Å². The number of rotatable bonds is 6. The first kappa shape index (κ1) is 15.6. The zero-order valence-corrected chi connectivity index (χ0v) is 12.8. The third-order valence-corrected chi connectivity index (χ3v) is 3.31. The van der Waals surface area contributed by atoms with Crippen LogP contribution < -0.4 is 14.8 Å². The number of carboxylic acids is 1. The molecule has 5 heteroatoms. The second-order valence-electron chi connectivity index (χ2n) is 6.63. The molecule has 1 unspecified atom stereocenters. The Morgan fingerprint density at radius 1 is 1.33 bits per heavy atom. The van der Waals surface area contributed by atoms with Crippen LogP contribution in [0.25, 0.3) is 0 Å². The second-order valence-corrected chi connectivity index (χ2v) is 6.63. The summed E-state index contributed by atoms with van der Waals surface area (Å²) in [6, 6.07) is 5.74. The monoisotopic (exact) mass is 293 g/mol. The van der Waals surface area contributed by atoms with Crippen LogP contribution in [-0.4, -0.2) is 23.9 Å². The second kappa shape index (κ2) is 6.35. The number of fused-ring (bicyclic) bond motifs is 1. The van der Waals surface area contributed by atoms with Gasteiger partial charge in [0.25, 0.3) is 0 Å². The van der Waals surface area contributed by atoms with Gasteiger partial charge in [-0.1, -0.05) is 26.8 Å². The van der Waals surface area contributed by atoms with E-state index in [1.807, 2.05) is 18.2 Å². The van der Waals surface area contributed by atoms with Crippen LogP contribution in [0.4, 0.5) is 0 Å². The molecule has 2 N–H and O–H groups in total. The number of ether oxygens (including phenoxy) is 2. The lowest BCUT2D eigenvalue weighted by Gasteiger charge is -2.26. The van der Waals surface area contributed by atoms with Gasteiger partial charge in [0.05, 0.1) is 6.42 Å². The Labute approximate surface area is 125 Å². The molecule has 2 rings (SSSR count). The van der Waals surface area contributed by atoms with E-state index in [0.29, 0.717) is 6.54 Å². The summed E-state index contributed by atoms with van der Waals surface area (Å²) in [5.74, 6) is 0.734. The van der Waals surface area contributed by atoms with Crippen molar-refractivity contribution in [1.29, 1.82) is 0 Å². The molecule has 5 nitrogen and oxygen atoms in total. The number of hydrogen-bond acceptors (Lipinski definition) is 4. The highest BCUT2D eigenvalue weighted by molar-refractivity contribution is 5.67. The lowest BCUT2D eigenvalue weighted by molar-refractivity contribution is -0.137. The van der Waals surface area contributed by atoms with Crippen molar-refractivity contribution in [2.24, 2.45) is 5.41 Å². The lowest BCUT2D eigenvalue weighted by atomic mass is 9.87. The molecule has 0 amide bonds. The molecule has 1 atom stereocenters. The zero-order chi connectivity index (χ0) is 15.5. The summed E-state index contributed by atoms with van der Waals surface area (Å²) < 4.78 is 10.6. The minimum absolute atomic E-state index is 0.0482. The zero-order valence-electron chi connectivity index (χ0n) is 12.8. The van der Waals surface area contributed by atoms with Crippen LogP contribution in [0.2, 0.25) is 0 Å². The molecule has 21 heavy (non-hydrogen) atoms. The van der Waals surface area contributed by atoms with E-state index in [4.69, 9.17) is 14.6 Å². The van der Waals surface area contributed by atoms with Crippen LogP contribution in [0, 0.1) is 5.41 Å². The topological polar surface area (TPSA) is 67.8 Å². The van der Waals surface area contributed by atoms with E-state index in [1.54, 1.807) is 0 Å². The number of aliphatic carboxylic acids is 1. The maximum absolute atomic E-state index is 11.0. The Morgan fingerprint density at radius 3 is 2.71 bits per heavy atom. The minimum atomic E-state index is -0.776. The van der Waals surface area contributed by atoms with E-state index in [-0.39, 0.29) is 24.7 Å². The summed E-state index contributed by atoms with van der Waals surface area (Å²) in [7, 11) is 0. The molecule has 0 spiro atoms. The summed E-state index contributed by atoms with van der Waals surface area (Å²) in [5.41, 5.74) is 1.14. The summed E-state index contributed by atoms with van der Waals surface area (Å²) in [4.78, 5) is 11.0. The summed E-state index contributed by atoms with van der Waals surface area (Å²) >= 11 is 0. The van der Waals surface area contributed by atoms with Crippen LogP contribution in [0.1, 0.15) is 39.2 Å². The van der Waals surface area contributed by atoms with Gasteiger partial charge in [-0.15, -0.1) is 0 Å². The first-order valence-corrected chi connectivity index (χ1v) is 7.17. The number of hydrogen-bond donors (Lipinski definition) is 2. The Kier molecular flexibility index (Phi) is 4.73. The van der Waals surface area contributed by atoms with E-state index >= 15 is 0 Å². The maximum atomic E-state index is 11.0. The quantitative estimate of drug-likeness (QED) is 0.844. The van der Waals surface area contributed by atoms with Crippen molar-refractivity contribution in [2.75, 3.05) is 6.79 Å². The molecule has 0 aliphatic carbocycles. The average Bonchev–Trinajstić information content (AvgIpc) is 2.80. The Bertz CT molecular complexity index is 507. The van der Waals surface area contributed by atoms with E-state index in [0.717, 1.165) is 23.5 Å². The highest BCUT2D eigenvalue weighted by Gasteiger charge is 2.21. The number of nitrogens with one attached hydrogen (secondary N) is 1. The van der Waals surface area contributed by atoms with E-state index in [1.165, 1.54) is 0 Å². The Balaban J connectivity index is 1.95. The van der Waals surface area contributed by atoms with Gasteiger partial charge in [0, 0.05) is 12.6 Å². The molecule has 0 aromatic heterocycles. The number of carboxylic acid groups (broad SMARTS) is 1. The molecule has 1 heterocycles. The smallest absolute Gasteiger partial charge is 0.304 e. The largest absolute Gasteiger partial charge is 0.481 e. The maximum Gasteiger partial charge on any atom is 0.304 e. The molecule has 116 valence electrons. The van der Waals surface area contributed by atoms with Crippen LogP contribution in [-0.2, 0) is 11.3 Å². The van der Waals surface area contributed by atoms with Crippen molar-refractivity contribution in [3.63, 3.8) is 0 Å². The fourth-order valence-corrected chi connectivity index (χ4v) is 2.48. The third kappa shape index (κ3) is 4.93. The predicted octanol–water partition coefficient (Wildman–Crippen LogP) is 2.78. The van der Waals surface area contributed by atoms with Gasteiger partial charge < -0.3 is 19.9 Å². The molecule has 1 aliphatic rings. The first-order valence-electron chi connectivity index (χ1n) is 7.17. The Morgan fingerprint density at radius 2 is 2.05 bits per heavy atom.